The number of nitrogens with zero attached hydrogens (tertiary/aromatic N) is 2. The van der Waals surface area contributed by atoms with Crippen LogP contribution in [0.15, 0.2) is 36.7 Å². The molecule has 0 aliphatic heterocycles. The molecule has 0 fully saturated rings. The Balaban J connectivity index is 2.24. The van der Waals surface area contributed by atoms with Crippen molar-refractivity contribution in [3.05, 3.63) is 53.1 Å². The lowest BCUT2D eigenvalue weighted by Gasteiger charge is -2.15. The predicted molar refractivity (Wildman–Crippen MR) is 80.1 cm³/mol. The predicted octanol–water partition coefficient (Wildman–Crippen LogP) is 3.90. The topological polar surface area (TPSA) is 54.9 Å². The molecule has 1 N–H and O–H groups in total. The van der Waals surface area contributed by atoms with E-state index in [-0.39, 0.29) is 16.8 Å². The molecule has 0 radical (unpaired) electrons. The van der Waals surface area contributed by atoms with Crippen molar-refractivity contribution in [3.8, 4) is 0 Å². The molecule has 0 aliphatic carbocycles. The smallest absolute Gasteiger partial charge is 0.275 e. The number of carbonyl (C=O) groups is 1. The number of para-hydroxylation sites is 1. The maximum atomic E-state index is 12.2. The summed E-state index contributed by atoms with van der Waals surface area (Å²) in [5, 5.41) is 3.07. The Hall–Kier alpha value is -1.94. The quantitative estimate of drug-likeness (QED) is 0.929. The Morgan fingerprint density at radius 3 is 2.80 bits per heavy atom. The fourth-order valence-electron chi connectivity index (χ4n) is 1.90. The first kappa shape index (κ1) is 14.5. The van der Waals surface area contributed by atoms with Crippen LogP contribution in [0.1, 0.15) is 42.2 Å². The Morgan fingerprint density at radius 2 is 2.10 bits per heavy atom. The monoisotopic (exact) mass is 289 g/mol. The molecule has 1 atom stereocenters. The lowest BCUT2D eigenvalue weighted by Crippen LogP contribution is -2.15. The van der Waals surface area contributed by atoms with Crippen molar-refractivity contribution < 1.29 is 4.79 Å². The molecular formula is C15H16ClN3O. The van der Waals surface area contributed by atoms with E-state index in [0.29, 0.717) is 5.92 Å². The van der Waals surface area contributed by atoms with Gasteiger partial charge in [0, 0.05) is 5.69 Å². The molecule has 0 spiro atoms. The number of carbonyl (C=O) groups excluding carboxylic acids is 1. The third kappa shape index (κ3) is 3.33. The molecule has 2 rings (SSSR count). The van der Waals surface area contributed by atoms with Gasteiger partial charge in [-0.3, -0.25) is 9.78 Å². The van der Waals surface area contributed by atoms with Crippen molar-refractivity contribution in [2.45, 2.75) is 26.2 Å². The summed E-state index contributed by atoms with van der Waals surface area (Å²) < 4.78 is 0. The van der Waals surface area contributed by atoms with Gasteiger partial charge in [-0.25, -0.2) is 4.98 Å². The molecule has 1 heterocycles. The molecule has 104 valence electrons. The van der Waals surface area contributed by atoms with Crippen LogP contribution in [0, 0.1) is 0 Å². The molecule has 0 aliphatic rings. The average Bonchev–Trinajstić information content (AvgIpc) is 2.47. The normalized spacial score (nSPS) is 11.9. The highest BCUT2D eigenvalue weighted by molar-refractivity contribution is 6.29. The average molecular weight is 290 g/mol. The number of anilines is 1. The maximum Gasteiger partial charge on any atom is 0.275 e. The molecule has 20 heavy (non-hydrogen) atoms. The molecule has 0 bridgehead atoms. The molecule has 4 nitrogen and oxygen atoms in total. The highest BCUT2D eigenvalue weighted by atomic mass is 35.5. The molecule has 0 saturated carbocycles. The van der Waals surface area contributed by atoms with E-state index in [9.17, 15) is 4.79 Å². The lowest BCUT2D eigenvalue weighted by atomic mass is 9.97. The first-order valence-corrected chi connectivity index (χ1v) is 6.87. The Kier molecular flexibility index (Phi) is 4.69. The number of hydrogen-bond donors (Lipinski definition) is 1. The fraction of sp³-hybridized carbons (Fsp3) is 0.267. The third-order valence-electron chi connectivity index (χ3n) is 3.19. The van der Waals surface area contributed by atoms with Crippen molar-refractivity contribution in [1.29, 1.82) is 0 Å². The summed E-state index contributed by atoms with van der Waals surface area (Å²) in [6.45, 7) is 4.25. The molecule has 1 unspecified atom stereocenters. The van der Waals surface area contributed by atoms with E-state index in [0.717, 1.165) is 17.7 Å². The van der Waals surface area contributed by atoms with Gasteiger partial charge in [0.25, 0.3) is 5.91 Å². The summed E-state index contributed by atoms with van der Waals surface area (Å²) in [7, 11) is 0. The van der Waals surface area contributed by atoms with Crippen LogP contribution >= 0.6 is 11.6 Å². The Morgan fingerprint density at radius 1 is 1.35 bits per heavy atom. The number of halogens is 1. The van der Waals surface area contributed by atoms with E-state index in [2.05, 4.69) is 29.1 Å². The first-order valence-electron chi connectivity index (χ1n) is 6.49. The summed E-state index contributed by atoms with van der Waals surface area (Å²) in [6.07, 6.45) is 3.79. The number of rotatable bonds is 4. The van der Waals surface area contributed by atoms with Crippen LogP contribution in [0.25, 0.3) is 0 Å². The van der Waals surface area contributed by atoms with Gasteiger partial charge < -0.3 is 5.32 Å². The summed E-state index contributed by atoms with van der Waals surface area (Å²) in [4.78, 5) is 20.0. The van der Waals surface area contributed by atoms with Gasteiger partial charge in [-0.05, 0) is 24.0 Å². The van der Waals surface area contributed by atoms with Gasteiger partial charge in [0.2, 0.25) is 0 Å². The highest BCUT2D eigenvalue weighted by Crippen LogP contribution is 2.26. The third-order valence-corrected chi connectivity index (χ3v) is 3.37. The molecular weight excluding hydrogens is 274 g/mol. The minimum Gasteiger partial charge on any atom is -0.320 e. The van der Waals surface area contributed by atoms with Crippen LogP contribution in [0.3, 0.4) is 0 Å². The van der Waals surface area contributed by atoms with E-state index in [1.807, 2.05) is 24.3 Å². The number of hydrogen-bond acceptors (Lipinski definition) is 3. The number of benzene rings is 1. The van der Waals surface area contributed by atoms with Gasteiger partial charge in [0.05, 0.1) is 12.4 Å². The van der Waals surface area contributed by atoms with Crippen LogP contribution in [0.2, 0.25) is 5.15 Å². The second kappa shape index (κ2) is 6.48. The van der Waals surface area contributed by atoms with Crippen molar-refractivity contribution in [2.75, 3.05) is 5.32 Å². The van der Waals surface area contributed by atoms with Gasteiger partial charge in [0.15, 0.2) is 0 Å². The minimum atomic E-state index is -0.309. The van der Waals surface area contributed by atoms with Crippen LogP contribution < -0.4 is 5.32 Å². The second-order valence-corrected chi connectivity index (χ2v) is 4.96. The van der Waals surface area contributed by atoms with Crippen LogP contribution in [0.4, 0.5) is 5.69 Å². The zero-order valence-corrected chi connectivity index (χ0v) is 12.2. The van der Waals surface area contributed by atoms with Crippen LogP contribution in [-0.2, 0) is 0 Å². The summed E-state index contributed by atoms with van der Waals surface area (Å²) in [5.41, 5.74) is 2.11. The molecule has 5 heteroatoms. The second-order valence-electron chi connectivity index (χ2n) is 4.58. The zero-order valence-electron chi connectivity index (χ0n) is 11.4. The number of nitrogens with one attached hydrogen (secondary N) is 1. The largest absolute Gasteiger partial charge is 0.320 e. The summed E-state index contributed by atoms with van der Waals surface area (Å²) in [6, 6.07) is 7.77. The summed E-state index contributed by atoms with van der Waals surface area (Å²) in [5.74, 6) is 0.0627. The summed E-state index contributed by atoms with van der Waals surface area (Å²) >= 11 is 5.74. The van der Waals surface area contributed by atoms with Crippen LogP contribution in [0.5, 0.6) is 0 Å². The molecule has 2 aromatic rings. The van der Waals surface area contributed by atoms with Gasteiger partial charge in [-0.1, -0.05) is 43.6 Å². The fourth-order valence-corrected chi connectivity index (χ4v) is 2.05. The highest BCUT2D eigenvalue weighted by Gasteiger charge is 2.13. The van der Waals surface area contributed by atoms with E-state index >= 15 is 0 Å². The van der Waals surface area contributed by atoms with Crippen molar-refractivity contribution in [1.82, 2.24) is 9.97 Å². The van der Waals surface area contributed by atoms with Crippen molar-refractivity contribution >= 4 is 23.2 Å². The molecule has 1 aromatic heterocycles. The van der Waals surface area contributed by atoms with E-state index in [4.69, 9.17) is 11.6 Å². The zero-order chi connectivity index (χ0) is 14.5. The van der Waals surface area contributed by atoms with Crippen LogP contribution in [-0.4, -0.2) is 15.9 Å². The molecule has 0 saturated heterocycles. The first-order chi connectivity index (χ1) is 9.61. The molecule has 1 aromatic carbocycles. The SMILES string of the molecule is CCC(C)c1ccccc1NC(=O)c1cncc(Cl)n1. The van der Waals surface area contributed by atoms with Gasteiger partial charge in [0.1, 0.15) is 10.8 Å². The Bertz CT molecular complexity index is 616. The van der Waals surface area contributed by atoms with E-state index < -0.39 is 0 Å². The van der Waals surface area contributed by atoms with Crippen molar-refractivity contribution in [2.24, 2.45) is 0 Å². The van der Waals surface area contributed by atoms with Gasteiger partial charge in [-0.15, -0.1) is 0 Å². The molecule has 1 amide bonds. The van der Waals surface area contributed by atoms with E-state index in [1.165, 1.54) is 12.4 Å². The lowest BCUT2D eigenvalue weighted by molar-refractivity contribution is 0.102. The van der Waals surface area contributed by atoms with E-state index in [1.54, 1.807) is 0 Å². The van der Waals surface area contributed by atoms with Gasteiger partial charge >= 0.3 is 0 Å². The Labute approximate surface area is 123 Å². The van der Waals surface area contributed by atoms with Crippen molar-refractivity contribution in [3.63, 3.8) is 0 Å². The van der Waals surface area contributed by atoms with Gasteiger partial charge in [-0.2, -0.15) is 0 Å². The minimum absolute atomic E-state index is 0.202. The standard InChI is InChI=1S/C15H16ClN3O/c1-3-10(2)11-6-4-5-7-12(11)19-15(20)13-8-17-9-14(16)18-13/h4-10H,3H2,1-2H3,(H,19,20). The number of amides is 1. The maximum absolute atomic E-state index is 12.2. The number of aromatic nitrogens is 2.